The van der Waals surface area contributed by atoms with Gasteiger partial charge in [-0.2, -0.15) is 0 Å². The Hall–Kier alpha value is -2.30. The summed E-state index contributed by atoms with van der Waals surface area (Å²) in [6.45, 7) is 2.49. The van der Waals surface area contributed by atoms with E-state index in [0.29, 0.717) is 13.0 Å². The van der Waals surface area contributed by atoms with Crippen molar-refractivity contribution < 1.29 is 9.59 Å². The Kier molecular flexibility index (Phi) is 4.84. The number of benzene rings is 1. The molecule has 1 heterocycles. The van der Waals surface area contributed by atoms with Crippen LogP contribution in [-0.2, 0) is 16.0 Å². The molecule has 25 heavy (non-hydrogen) atoms. The molecule has 0 aliphatic heterocycles. The number of carbonyl (C=O) groups is 2. The first kappa shape index (κ1) is 17.5. The van der Waals surface area contributed by atoms with Gasteiger partial charge in [-0.3, -0.25) is 9.59 Å². The molecule has 0 spiro atoms. The van der Waals surface area contributed by atoms with E-state index in [1.807, 2.05) is 6.20 Å². The molecule has 1 aromatic carbocycles. The summed E-state index contributed by atoms with van der Waals surface area (Å²) in [5.41, 5.74) is 2.82. The zero-order chi connectivity index (χ0) is 18.0. The van der Waals surface area contributed by atoms with Crippen LogP contribution in [0.15, 0.2) is 24.4 Å². The summed E-state index contributed by atoms with van der Waals surface area (Å²) in [5, 5.41) is 4.10. The molecule has 1 aliphatic rings. The van der Waals surface area contributed by atoms with Crippen LogP contribution < -0.4 is 5.32 Å². The van der Waals surface area contributed by atoms with Gasteiger partial charge in [0.15, 0.2) is 0 Å². The summed E-state index contributed by atoms with van der Waals surface area (Å²) < 4.78 is 0. The number of hydrogen-bond donors (Lipinski definition) is 2. The minimum atomic E-state index is -0.420. The van der Waals surface area contributed by atoms with Gasteiger partial charge in [-0.1, -0.05) is 25.0 Å². The van der Waals surface area contributed by atoms with Crippen molar-refractivity contribution in [3.63, 3.8) is 0 Å². The molecule has 134 valence electrons. The van der Waals surface area contributed by atoms with Crippen molar-refractivity contribution in [2.45, 2.75) is 39.0 Å². The number of fused-ring (bicyclic) bond motifs is 1. The highest BCUT2D eigenvalue weighted by Gasteiger charge is 2.42. The highest BCUT2D eigenvalue weighted by Crippen LogP contribution is 2.38. The van der Waals surface area contributed by atoms with Crippen LogP contribution in [0.2, 0.25) is 0 Å². The Bertz CT molecular complexity index is 785. The third kappa shape index (κ3) is 3.55. The second kappa shape index (κ2) is 6.90. The van der Waals surface area contributed by atoms with Crippen molar-refractivity contribution in [2.75, 3.05) is 20.6 Å². The first-order valence-electron chi connectivity index (χ1n) is 8.96. The molecule has 5 nitrogen and oxygen atoms in total. The van der Waals surface area contributed by atoms with E-state index in [9.17, 15) is 9.59 Å². The van der Waals surface area contributed by atoms with Gasteiger partial charge in [0.25, 0.3) is 0 Å². The SMILES string of the molecule is Cc1ccc2c(CC(=O)NCC3(C(=O)N(C)C)CCCC3)c[nH]c2c1. The lowest BCUT2D eigenvalue weighted by atomic mass is 9.84. The molecule has 0 radical (unpaired) electrons. The molecular weight excluding hydrogens is 314 g/mol. The molecule has 0 bridgehead atoms. The number of H-pyrrole nitrogens is 1. The lowest BCUT2D eigenvalue weighted by molar-refractivity contribution is -0.139. The first-order chi connectivity index (χ1) is 11.9. The molecule has 1 aliphatic carbocycles. The van der Waals surface area contributed by atoms with E-state index < -0.39 is 5.41 Å². The monoisotopic (exact) mass is 341 g/mol. The lowest BCUT2D eigenvalue weighted by Gasteiger charge is -2.30. The number of rotatable bonds is 5. The van der Waals surface area contributed by atoms with Crippen molar-refractivity contribution in [3.8, 4) is 0 Å². The van der Waals surface area contributed by atoms with Crippen molar-refractivity contribution in [1.82, 2.24) is 15.2 Å². The molecule has 3 rings (SSSR count). The van der Waals surface area contributed by atoms with E-state index in [4.69, 9.17) is 0 Å². The second-order valence-electron chi connectivity index (χ2n) is 7.50. The number of nitrogens with zero attached hydrogens (tertiary/aromatic N) is 1. The fourth-order valence-corrected chi connectivity index (χ4v) is 3.94. The van der Waals surface area contributed by atoms with Crippen LogP contribution in [0.5, 0.6) is 0 Å². The predicted octanol–water partition coefficient (Wildman–Crippen LogP) is 2.78. The second-order valence-corrected chi connectivity index (χ2v) is 7.50. The first-order valence-corrected chi connectivity index (χ1v) is 8.96. The van der Waals surface area contributed by atoms with Crippen molar-refractivity contribution in [1.29, 1.82) is 0 Å². The Morgan fingerprint density at radius 1 is 1.24 bits per heavy atom. The third-order valence-electron chi connectivity index (χ3n) is 5.32. The van der Waals surface area contributed by atoms with Crippen molar-refractivity contribution in [3.05, 3.63) is 35.5 Å². The zero-order valence-electron chi connectivity index (χ0n) is 15.3. The van der Waals surface area contributed by atoms with E-state index in [1.165, 1.54) is 5.56 Å². The van der Waals surface area contributed by atoms with Gasteiger partial charge in [0, 0.05) is 37.7 Å². The van der Waals surface area contributed by atoms with E-state index >= 15 is 0 Å². The van der Waals surface area contributed by atoms with Crippen molar-refractivity contribution in [2.24, 2.45) is 5.41 Å². The summed E-state index contributed by atoms with van der Waals surface area (Å²) in [6, 6.07) is 6.19. The standard InChI is InChI=1S/C20H27N3O2/c1-14-6-7-16-15(12-21-17(16)10-14)11-18(24)22-13-20(8-4-5-9-20)19(25)23(2)3/h6-7,10,12,21H,4-5,8-9,11,13H2,1-3H3,(H,22,24). The van der Waals surface area contributed by atoms with Crippen LogP contribution in [-0.4, -0.2) is 42.3 Å². The number of aromatic nitrogens is 1. The Morgan fingerprint density at radius 3 is 2.64 bits per heavy atom. The highest BCUT2D eigenvalue weighted by molar-refractivity contribution is 5.90. The Balaban J connectivity index is 1.66. The molecule has 2 aromatic rings. The summed E-state index contributed by atoms with van der Waals surface area (Å²) in [4.78, 5) is 29.9. The maximum absolute atomic E-state index is 12.6. The molecule has 0 saturated heterocycles. The minimum Gasteiger partial charge on any atom is -0.361 e. The average Bonchev–Trinajstić information content (AvgIpc) is 3.20. The maximum Gasteiger partial charge on any atom is 0.230 e. The lowest BCUT2D eigenvalue weighted by Crippen LogP contribution is -2.46. The summed E-state index contributed by atoms with van der Waals surface area (Å²) in [5.74, 6) is 0.104. The molecule has 5 heteroatoms. The van der Waals surface area contributed by atoms with Crippen molar-refractivity contribution >= 4 is 22.7 Å². The molecule has 2 amide bonds. The Labute approximate surface area is 148 Å². The maximum atomic E-state index is 12.6. The third-order valence-corrected chi connectivity index (χ3v) is 5.32. The number of amides is 2. The Morgan fingerprint density at radius 2 is 1.96 bits per heavy atom. The summed E-state index contributed by atoms with van der Waals surface area (Å²) in [6.07, 6.45) is 6.05. The van der Waals surface area contributed by atoms with Gasteiger partial charge in [-0.05, 0) is 37.0 Å². The van der Waals surface area contributed by atoms with Gasteiger partial charge in [0.05, 0.1) is 11.8 Å². The highest BCUT2D eigenvalue weighted by atomic mass is 16.2. The molecule has 1 saturated carbocycles. The van der Waals surface area contributed by atoms with Crippen LogP contribution in [0.1, 0.15) is 36.8 Å². The fourth-order valence-electron chi connectivity index (χ4n) is 3.94. The zero-order valence-corrected chi connectivity index (χ0v) is 15.3. The van der Waals surface area contributed by atoms with Crippen LogP contribution in [0.3, 0.4) is 0 Å². The summed E-state index contributed by atoms with van der Waals surface area (Å²) in [7, 11) is 3.58. The van der Waals surface area contributed by atoms with Gasteiger partial charge >= 0.3 is 0 Å². The number of nitrogens with one attached hydrogen (secondary N) is 2. The molecular formula is C20H27N3O2. The van der Waals surface area contributed by atoms with Gasteiger partial charge < -0.3 is 15.2 Å². The van der Waals surface area contributed by atoms with Crippen LogP contribution in [0.4, 0.5) is 0 Å². The number of hydrogen-bond acceptors (Lipinski definition) is 2. The summed E-state index contributed by atoms with van der Waals surface area (Å²) >= 11 is 0. The quantitative estimate of drug-likeness (QED) is 0.878. The minimum absolute atomic E-state index is 0.0284. The van der Waals surface area contributed by atoms with Gasteiger partial charge in [0.1, 0.15) is 0 Å². The normalized spacial score (nSPS) is 16.1. The number of aromatic amines is 1. The van der Waals surface area contributed by atoms with Gasteiger partial charge in [-0.15, -0.1) is 0 Å². The molecule has 0 atom stereocenters. The number of carbonyl (C=O) groups excluding carboxylic acids is 2. The smallest absolute Gasteiger partial charge is 0.230 e. The van der Waals surface area contributed by atoms with Gasteiger partial charge in [0.2, 0.25) is 11.8 Å². The predicted molar refractivity (Wildman–Crippen MR) is 99.3 cm³/mol. The van der Waals surface area contributed by atoms with E-state index in [0.717, 1.165) is 42.1 Å². The topological polar surface area (TPSA) is 65.2 Å². The fraction of sp³-hybridized carbons (Fsp3) is 0.500. The molecule has 1 aromatic heterocycles. The number of aryl methyl sites for hydroxylation is 1. The molecule has 1 fully saturated rings. The van der Waals surface area contributed by atoms with E-state index in [2.05, 4.69) is 35.4 Å². The van der Waals surface area contributed by atoms with E-state index in [-0.39, 0.29) is 11.8 Å². The molecule has 0 unspecified atom stereocenters. The largest absolute Gasteiger partial charge is 0.361 e. The van der Waals surface area contributed by atoms with Crippen LogP contribution in [0, 0.1) is 12.3 Å². The van der Waals surface area contributed by atoms with Gasteiger partial charge in [-0.25, -0.2) is 0 Å². The van der Waals surface area contributed by atoms with Crippen LogP contribution >= 0.6 is 0 Å². The van der Waals surface area contributed by atoms with Crippen LogP contribution in [0.25, 0.3) is 10.9 Å². The van der Waals surface area contributed by atoms with E-state index in [1.54, 1.807) is 19.0 Å². The average molecular weight is 341 g/mol. The molecule has 2 N–H and O–H groups in total.